The molecule has 0 radical (unpaired) electrons. The van der Waals surface area contributed by atoms with Crippen molar-refractivity contribution in [2.45, 2.75) is 48.0 Å². The van der Waals surface area contributed by atoms with E-state index >= 15 is 0 Å². The van der Waals surface area contributed by atoms with Crippen LogP contribution in [0.4, 0.5) is 0 Å². The molecule has 0 aromatic heterocycles. The summed E-state index contributed by atoms with van der Waals surface area (Å²) in [5.74, 6) is -0.0710. The zero-order valence-corrected chi connectivity index (χ0v) is 14.9. The van der Waals surface area contributed by atoms with Gasteiger partial charge in [0.15, 0.2) is 0 Å². The molecule has 1 aliphatic rings. The fourth-order valence-corrected chi connectivity index (χ4v) is 3.76. The van der Waals surface area contributed by atoms with Crippen molar-refractivity contribution in [2.24, 2.45) is 5.41 Å². The van der Waals surface area contributed by atoms with Crippen LogP contribution in [0.2, 0.25) is 0 Å². The maximum absolute atomic E-state index is 11.2. The molecule has 102 valence electrons. The molecule has 0 N–H and O–H groups in total. The van der Waals surface area contributed by atoms with E-state index in [1.54, 1.807) is 0 Å². The molecular formula is C13H20Cl2O2Ti. The zero-order chi connectivity index (χ0) is 12.5. The predicted molar refractivity (Wildman–Crippen MR) is 61.2 cm³/mol. The summed E-state index contributed by atoms with van der Waals surface area (Å²) in [6.45, 7) is 12.8. The van der Waals surface area contributed by atoms with Crippen molar-refractivity contribution < 1.29 is 52.5 Å². The summed E-state index contributed by atoms with van der Waals surface area (Å²) in [7, 11) is 0. The standard InChI is InChI=1S/C10H15.C3H6O2.2ClH.Ti/c1-7-6-10(4,5)9(3)8(7)2;1-2-3(4)5;;;/h1-5H3;2H2,1H3,(H,4,5);2*1H;/q;;;;+3/p-3. The molecule has 0 aromatic rings. The van der Waals surface area contributed by atoms with Crippen molar-refractivity contribution in [1.82, 2.24) is 0 Å². The maximum atomic E-state index is 11.2. The molecule has 0 amide bonds. The van der Waals surface area contributed by atoms with Crippen molar-refractivity contribution in [2.75, 3.05) is 0 Å². The van der Waals surface area contributed by atoms with Crippen LogP contribution in [0.3, 0.4) is 0 Å². The minimum absolute atomic E-state index is 0. The van der Waals surface area contributed by atoms with Gasteiger partial charge in [-0.3, -0.25) is 0 Å². The van der Waals surface area contributed by atoms with E-state index in [2.05, 4.69) is 34.6 Å². The minimum Gasteiger partial charge on any atom is -1.00 e. The fraction of sp³-hybridized carbons (Fsp3) is 0.615. The molecule has 0 aromatic carbocycles. The molecule has 0 heterocycles. The Bertz CT molecular complexity index is 384. The molecule has 0 atom stereocenters. The summed E-state index contributed by atoms with van der Waals surface area (Å²) in [5.41, 5.74) is 4.21. The molecule has 2 nitrogen and oxygen atoms in total. The van der Waals surface area contributed by atoms with Gasteiger partial charge in [-0.05, 0) is 0 Å². The Morgan fingerprint density at radius 2 is 1.67 bits per heavy atom. The molecule has 0 saturated heterocycles. The third-order valence-corrected chi connectivity index (χ3v) is 6.01. The second kappa shape index (κ2) is 7.74. The number of hydrogen-bond acceptors (Lipinski definition) is 2. The smallest absolute Gasteiger partial charge is 1.00 e. The van der Waals surface area contributed by atoms with Gasteiger partial charge in [-0.2, -0.15) is 0 Å². The van der Waals surface area contributed by atoms with E-state index in [9.17, 15) is 4.79 Å². The zero-order valence-electron chi connectivity index (χ0n) is 11.8. The van der Waals surface area contributed by atoms with Crippen LogP contribution < -0.4 is 24.8 Å². The molecule has 0 bridgehead atoms. The number of rotatable bonds is 3. The number of allylic oxidation sites excluding steroid dienone is 4. The Morgan fingerprint density at radius 3 is 2.00 bits per heavy atom. The van der Waals surface area contributed by atoms with Gasteiger partial charge in [-0.1, -0.05) is 0 Å². The topological polar surface area (TPSA) is 26.3 Å². The second-order valence-electron chi connectivity index (χ2n) is 4.80. The molecule has 1 rings (SSSR count). The van der Waals surface area contributed by atoms with E-state index in [4.69, 9.17) is 3.32 Å². The van der Waals surface area contributed by atoms with Gasteiger partial charge in [0.05, 0.1) is 0 Å². The number of hydrogen-bond donors (Lipinski definition) is 0. The SMILES string of the molecule is CCC(=O)[O][Ti+2][C]1=C(C)C(C)=C(C)C1(C)C.[Cl-].[Cl-]. The Balaban J connectivity index is 0. The van der Waals surface area contributed by atoms with Gasteiger partial charge < -0.3 is 24.8 Å². The average molecular weight is 327 g/mol. The summed E-state index contributed by atoms with van der Waals surface area (Å²) >= 11 is -0.765. The maximum Gasteiger partial charge on any atom is -1.00 e. The van der Waals surface area contributed by atoms with Crippen LogP contribution in [0.5, 0.6) is 0 Å². The first-order valence-corrected chi connectivity index (χ1v) is 7.09. The van der Waals surface area contributed by atoms with Gasteiger partial charge in [0, 0.05) is 0 Å². The Kier molecular flexibility index (Phi) is 8.84. The van der Waals surface area contributed by atoms with E-state index in [1.807, 2.05) is 6.92 Å². The first-order valence-electron chi connectivity index (χ1n) is 5.67. The van der Waals surface area contributed by atoms with Crippen molar-refractivity contribution in [3.8, 4) is 0 Å². The Hall–Kier alpha value is 0.244. The predicted octanol–water partition coefficient (Wildman–Crippen LogP) is -2.40. The molecular weight excluding hydrogens is 307 g/mol. The minimum atomic E-state index is -0.765. The number of halogens is 2. The summed E-state index contributed by atoms with van der Waals surface area (Å²) in [6.07, 6.45) is 0.474. The largest absolute Gasteiger partial charge is 1.00 e. The molecule has 18 heavy (non-hydrogen) atoms. The molecule has 5 heteroatoms. The molecule has 0 saturated carbocycles. The van der Waals surface area contributed by atoms with Crippen molar-refractivity contribution in [3.05, 3.63) is 20.6 Å². The van der Waals surface area contributed by atoms with E-state index in [0.29, 0.717) is 6.42 Å². The molecule has 0 spiro atoms. The Labute approximate surface area is 132 Å². The van der Waals surface area contributed by atoms with E-state index in [-0.39, 0.29) is 36.2 Å². The molecule has 0 unspecified atom stereocenters. The van der Waals surface area contributed by atoms with Gasteiger partial charge in [-0.25, -0.2) is 0 Å². The number of carbonyl (C=O) groups is 1. The molecule has 0 aliphatic heterocycles. The van der Waals surface area contributed by atoms with Crippen LogP contribution in [0.1, 0.15) is 48.0 Å². The van der Waals surface area contributed by atoms with Crippen LogP contribution in [0, 0.1) is 5.41 Å². The molecule has 1 aliphatic carbocycles. The Morgan fingerprint density at radius 1 is 1.17 bits per heavy atom. The monoisotopic (exact) mass is 326 g/mol. The normalized spacial score (nSPS) is 16.8. The average Bonchev–Trinajstić information content (AvgIpc) is 2.38. The molecule has 0 fully saturated rings. The van der Waals surface area contributed by atoms with Gasteiger partial charge in [0.25, 0.3) is 0 Å². The summed E-state index contributed by atoms with van der Waals surface area (Å²) in [5, 5.41) is 0. The van der Waals surface area contributed by atoms with Crippen LogP contribution in [0.15, 0.2) is 20.6 Å². The fourth-order valence-electron chi connectivity index (χ4n) is 1.98. The number of carbonyl (C=O) groups excluding carboxylic acids is 1. The third-order valence-electron chi connectivity index (χ3n) is 3.62. The first kappa shape index (κ1) is 20.6. The van der Waals surface area contributed by atoms with Crippen LogP contribution >= 0.6 is 0 Å². The summed E-state index contributed by atoms with van der Waals surface area (Å²) in [6, 6.07) is 0. The summed E-state index contributed by atoms with van der Waals surface area (Å²) in [4.78, 5) is 11.2. The summed E-state index contributed by atoms with van der Waals surface area (Å²) < 4.78 is 6.74. The van der Waals surface area contributed by atoms with Gasteiger partial charge in [0.2, 0.25) is 0 Å². The van der Waals surface area contributed by atoms with Gasteiger partial charge in [0.1, 0.15) is 0 Å². The quantitative estimate of drug-likeness (QED) is 0.540. The van der Waals surface area contributed by atoms with Gasteiger partial charge in [-0.15, -0.1) is 0 Å². The van der Waals surface area contributed by atoms with Crippen LogP contribution in [-0.2, 0) is 27.7 Å². The second-order valence-corrected chi connectivity index (χ2v) is 6.22. The van der Waals surface area contributed by atoms with E-state index in [0.717, 1.165) is 0 Å². The van der Waals surface area contributed by atoms with E-state index < -0.39 is 19.5 Å². The van der Waals surface area contributed by atoms with Crippen molar-refractivity contribution in [3.63, 3.8) is 0 Å². The van der Waals surface area contributed by atoms with Crippen molar-refractivity contribution >= 4 is 5.97 Å². The first-order chi connectivity index (χ1) is 7.32. The van der Waals surface area contributed by atoms with Crippen molar-refractivity contribution in [1.29, 1.82) is 0 Å². The van der Waals surface area contributed by atoms with Crippen LogP contribution in [-0.4, -0.2) is 5.97 Å². The van der Waals surface area contributed by atoms with E-state index in [1.165, 1.54) is 20.6 Å². The van der Waals surface area contributed by atoms with Gasteiger partial charge >= 0.3 is 108 Å². The third kappa shape index (κ3) is 3.87. The van der Waals surface area contributed by atoms with Crippen LogP contribution in [0.25, 0.3) is 0 Å².